The fraction of sp³-hybridized carbons (Fsp3) is 0.468. The highest BCUT2D eigenvalue weighted by Crippen LogP contribution is 2.43. The first-order valence-corrected chi connectivity index (χ1v) is 22.4. The van der Waals surface area contributed by atoms with Gasteiger partial charge in [-0.2, -0.15) is 0 Å². The van der Waals surface area contributed by atoms with Crippen molar-refractivity contribution in [2.75, 3.05) is 92.6 Å². The van der Waals surface area contributed by atoms with Gasteiger partial charge in [-0.05, 0) is 80.2 Å². The lowest BCUT2D eigenvalue weighted by molar-refractivity contribution is -0.135. The third-order valence-corrected chi connectivity index (χ3v) is 13.7. The second-order valence-corrected chi connectivity index (χ2v) is 17.6. The Morgan fingerprint density at radius 3 is 2.41 bits per heavy atom. The summed E-state index contributed by atoms with van der Waals surface area (Å²) in [6.45, 7) is 6.99. The van der Waals surface area contributed by atoms with Crippen LogP contribution in [0.5, 0.6) is 17.2 Å². The van der Waals surface area contributed by atoms with Crippen LogP contribution in [0.25, 0.3) is 11.3 Å². The number of aromatic nitrogens is 2. The number of ether oxygens (including phenoxy) is 3. The van der Waals surface area contributed by atoms with Crippen LogP contribution in [-0.4, -0.2) is 139 Å². The van der Waals surface area contributed by atoms with Gasteiger partial charge in [-0.1, -0.05) is 30.3 Å². The van der Waals surface area contributed by atoms with Gasteiger partial charge in [-0.25, -0.2) is 0 Å². The Labute approximate surface area is 366 Å². The molecular weight excluding hydrogens is 803 g/mol. The Bertz CT molecular complexity index is 2340. The van der Waals surface area contributed by atoms with Crippen molar-refractivity contribution in [1.82, 2.24) is 25.3 Å². The summed E-state index contributed by atoms with van der Waals surface area (Å²) in [5.41, 5.74) is 11.5. The molecule has 4 aromatic rings. The fourth-order valence-electron chi connectivity index (χ4n) is 10.5. The second kappa shape index (κ2) is 17.6. The number of piperazine rings is 1. The lowest BCUT2D eigenvalue weighted by Crippen LogP contribution is -2.65. The number of nitrogens with two attached hydrogens (primary N) is 1. The highest BCUT2D eigenvalue weighted by molar-refractivity contribution is 6.02. The predicted molar refractivity (Wildman–Crippen MR) is 237 cm³/mol. The molecule has 1 unspecified atom stereocenters. The van der Waals surface area contributed by atoms with Crippen molar-refractivity contribution < 1.29 is 33.7 Å². The van der Waals surface area contributed by atoms with E-state index < -0.39 is 0 Å². The lowest BCUT2D eigenvalue weighted by Gasteiger charge is -2.51. The van der Waals surface area contributed by atoms with E-state index in [9.17, 15) is 19.5 Å². The van der Waals surface area contributed by atoms with Crippen molar-refractivity contribution >= 4 is 40.6 Å². The molecule has 3 amide bonds. The molecule has 0 radical (unpaired) electrons. The minimum atomic E-state index is -0.377. The summed E-state index contributed by atoms with van der Waals surface area (Å²) >= 11 is 0. The lowest BCUT2D eigenvalue weighted by atomic mass is 9.87. The maximum atomic E-state index is 13.6. The van der Waals surface area contributed by atoms with E-state index >= 15 is 0 Å². The van der Waals surface area contributed by atoms with E-state index in [-0.39, 0.29) is 47.7 Å². The number of anilines is 4. The number of imide groups is 1. The molecule has 3 aromatic carbocycles. The van der Waals surface area contributed by atoms with Crippen molar-refractivity contribution in [3.05, 3.63) is 78.4 Å². The minimum Gasteiger partial charge on any atom is -0.507 e. The number of amides is 3. The van der Waals surface area contributed by atoms with Crippen molar-refractivity contribution in [3.63, 3.8) is 0 Å². The molecular formula is C47H55N9O7. The average molecular weight is 858 g/mol. The number of hydrogen-bond donors (Lipinski definition) is 3. The number of nitrogens with one attached hydrogen (secondary N) is 1. The van der Waals surface area contributed by atoms with E-state index in [1.54, 1.807) is 12.1 Å². The molecule has 0 saturated carbocycles. The Balaban J connectivity index is 0.710. The first-order chi connectivity index (χ1) is 30.8. The molecule has 16 heteroatoms. The normalized spacial score (nSPS) is 23.5. The summed E-state index contributed by atoms with van der Waals surface area (Å²) in [5, 5.41) is 21.5. The van der Waals surface area contributed by atoms with Crippen molar-refractivity contribution in [2.24, 2.45) is 0 Å². The van der Waals surface area contributed by atoms with Gasteiger partial charge in [0.25, 0.3) is 0 Å². The summed E-state index contributed by atoms with van der Waals surface area (Å²) < 4.78 is 18.9. The largest absolute Gasteiger partial charge is 0.507 e. The third kappa shape index (κ3) is 8.41. The number of nitrogen functional groups attached to an aromatic ring is 1. The van der Waals surface area contributed by atoms with Gasteiger partial charge in [0.1, 0.15) is 36.0 Å². The Morgan fingerprint density at radius 1 is 0.857 bits per heavy atom. The predicted octanol–water partition coefficient (Wildman–Crippen LogP) is 3.78. The van der Waals surface area contributed by atoms with Crippen LogP contribution in [0.15, 0.2) is 72.8 Å². The van der Waals surface area contributed by atoms with Crippen molar-refractivity contribution in [1.29, 1.82) is 0 Å². The number of nitrogens with zero attached hydrogens (tertiary/aromatic N) is 7. The molecule has 2 bridgehead atoms. The number of phenols is 1. The molecule has 7 heterocycles. The van der Waals surface area contributed by atoms with Crippen LogP contribution in [0.4, 0.5) is 22.9 Å². The van der Waals surface area contributed by atoms with E-state index in [0.717, 1.165) is 72.9 Å². The van der Waals surface area contributed by atoms with Crippen LogP contribution in [0.1, 0.15) is 50.0 Å². The summed E-state index contributed by atoms with van der Waals surface area (Å²) in [6, 6.07) is 23.3. The molecule has 6 aliphatic heterocycles. The van der Waals surface area contributed by atoms with E-state index in [0.29, 0.717) is 94.9 Å². The first-order valence-electron chi connectivity index (χ1n) is 22.4. The standard InChI is InChI=1S/C47H55N9O7/c48-46-41(24-38(50-51-46)37-7-1-2-10-42(37)57)54-25-32-28-61-29-33(26-54)56(32)31-5-3-6-35(23-31)63-34-15-19-53(20-16-34)44(59)27-52-17-13-30(14-18-52)36-8-4-9-39-45(36)62-22-21-55(39)40-11-12-43(58)49-47(40)60/h1-10,23-24,30,32-34,40,57H,11-22,25-29H2,(H2,48,51)(H,49,58,60)/t32-,33+,40?. The third-order valence-electron chi connectivity index (χ3n) is 13.7. The monoisotopic (exact) mass is 857 g/mol. The zero-order valence-electron chi connectivity index (χ0n) is 35.4. The Hall–Kier alpha value is -6.13. The van der Waals surface area contributed by atoms with Gasteiger partial charge >= 0.3 is 0 Å². The van der Waals surface area contributed by atoms with Gasteiger partial charge in [0.05, 0.1) is 55.5 Å². The van der Waals surface area contributed by atoms with Gasteiger partial charge in [0.15, 0.2) is 5.82 Å². The number of aromatic hydroxyl groups is 1. The molecule has 16 nitrogen and oxygen atoms in total. The summed E-state index contributed by atoms with van der Waals surface area (Å²) in [7, 11) is 0. The maximum Gasteiger partial charge on any atom is 0.249 e. The first kappa shape index (κ1) is 40.9. The van der Waals surface area contributed by atoms with Gasteiger partial charge in [-0.3, -0.25) is 24.6 Å². The quantitative estimate of drug-likeness (QED) is 0.207. The van der Waals surface area contributed by atoms with Gasteiger partial charge in [-0.15, -0.1) is 10.2 Å². The molecule has 0 aliphatic carbocycles. The smallest absolute Gasteiger partial charge is 0.249 e. The number of likely N-dealkylation sites (tertiary alicyclic amines) is 2. The summed E-state index contributed by atoms with van der Waals surface area (Å²) in [4.78, 5) is 49.2. The molecule has 6 aliphatic rings. The highest BCUT2D eigenvalue weighted by atomic mass is 16.5. The number of carbonyl (C=O) groups excluding carboxylic acids is 3. The van der Waals surface area contributed by atoms with Crippen LogP contribution in [-0.2, 0) is 19.1 Å². The number of piperidine rings is 3. The molecule has 4 N–H and O–H groups in total. The molecule has 5 fully saturated rings. The second-order valence-electron chi connectivity index (χ2n) is 17.6. The van der Waals surface area contributed by atoms with Crippen LogP contribution >= 0.6 is 0 Å². The molecule has 330 valence electrons. The number of phenolic OH excluding ortho intramolecular Hbond substituents is 1. The zero-order chi connectivity index (χ0) is 43.0. The summed E-state index contributed by atoms with van der Waals surface area (Å²) in [5.74, 6) is 2.19. The molecule has 5 saturated heterocycles. The van der Waals surface area contributed by atoms with Crippen LogP contribution < -0.4 is 35.2 Å². The van der Waals surface area contributed by atoms with Gasteiger partial charge in [0.2, 0.25) is 17.7 Å². The average Bonchev–Trinajstić information content (AvgIpc) is 3.29. The van der Waals surface area contributed by atoms with E-state index in [4.69, 9.17) is 19.9 Å². The number of benzene rings is 3. The number of hydrogen-bond acceptors (Lipinski definition) is 14. The van der Waals surface area contributed by atoms with Crippen molar-refractivity contribution in [3.8, 4) is 28.5 Å². The number of morpholine rings is 1. The van der Waals surface area contributed by atoms with E-state index in [1.807, 2.05) is 41.3 Å². The summed E-state index contributed by atoms with van der Waals surface area (Å²) in [6.07, 6.45) is 4.25. The Kier molecular flexibility index (Phi) is 11.4. The molecule has 10 rings (SSSR count). The molecule has 0 spiro atoms. The minimum absolute atomic E-state index is 0.0186. The topological polar surface area (TPSA) is 179 Å². The maximum absolute atomic E-state index is 13.6. The van der Waals surface area contributed by atoms with Crippen LogP contribution in [0, 0.1) is 0 Å². The number of carbonyl (C=O) groups is 3. The van der Waals surface area contributed by atoms with Crippen LogP contribution in [0.3, 0.4) is 0 Å². The molecule has 1 aromatic heterocycles. The van der Waals surface area contributed by atoms with Crippen LogP contribution in [0.2, 0.25) is 0 Å². The van der Waals surface area contributed by atoms with Crippen molar-refractivity contribution in [2.45, 2.75) is 68.7 Å². The number of para-hydroxylation sites is 2. The zero-order valence-corrected chi connectivity index (χ0v) is 35.4. The van der Waals surface area contributed by atoms with E-state index in [2.05, 4.69) is 59.4 Å². The van der Waals surface area contributed by atoms with Gasteiger partial charge in [0, 0.05) is 62.8 Å². The van der Waals surface area contributed by atoms with E-state index in [1.165, 1.54) is 0 Å². The van der Waals surface area contributed by atoms with Gasteiger partial charge < -0.3 is 44.7 Å². The fourth-order valence-corrected chi connectivity index (χ4v) is 10.5. The molecule has 3 atom stereocenters. The SMILES string of the molecule is Nc1nnc(-c2ccccc2O)cc1N1C[C@H]2COC[C@@H](C1)N2c1cccc(OC2CCN(C(=O)CN3CCC(c4cccc5c4OCCN5C4CCC(=O)NC4=O)CC3)CC2)c1. The number of rotatable bonds is 9. The molecule has 63 heavy (non-hydrogen) atoms. The highest BCUT2D eigenvalue weighted by Gasteiger charge is 2.40. The Morgan fingerprint density at radius 2 is 1.63 bits per heavy atom. The number of fused-ring (bicyclic) bond motifs is 3.